The summed E-state index contributed by atoms with van der Waals surface area (Å²) in [5.41, 5.74) is 5.75. The van der Waals surface area contributed by atoms with E-state index in [4.69, 9.17) is 19.6 Å². The Hall–Kier alpha value is -2.96. The summed E-state index contributed by atoms with van der Waals surface area (Å²) < 4.78 is 16.0. The number of nitrogens with one attached hydrogen (secondary N) is 1. The molecule has 0 saturated heterocycles. The average molecular weight is 344 g/mol. The van der Waals surface area contributed by atoms with E-state index in [9.17, 15) is 9.59 Å². The summed E-state index contributed by atoms with van der Waals surface area (Å²) in [6.07, 6.45) is 1.07. The summed E-state index contributed by atoms with van der Waals surface area (Å²) >= 11 is 0. The zero-order valence-electron chi connectivity index (χ0n) is 14.3. The van der Waals surface area contributed by atoms with Gasteiger partial charge in [0.15, 0.2) is 17.3 Å². The first-order valence-electron chi connectivity index (χ1n) is 7.91. The van der Waals surface area contributed by atoms with Gasteiger partial charge in [-0.3, -0.25) is 9.59 Å². The van der Waals surface area contributed by atoms with Crippen LogP contribution in [0.1, 0.15) is 45.9 Å². The molecule has 1 saturated carbocycles. The van der Waals surface area contributed by atoms with Gasteiger partial charge in [0.2, 0.25) is 0 Å². The number of hydrogen-bond acceptors (Lipinski definition) is 5. The lowest BCUT2D eigenvalue weighted by Crippen LogP contribution is -2.18. The second-order valence-corrected chi connectivity index (χ2v) is 6.09. The lowest BCUT2D eigenvalue weighted by molar-refractivity contribution is 0.0995. The maximum absolute atomic E-state index is 12.5. The number of nitrogens with two attached hydrogens (primary N) is 1. The largest absolute Gasteiger partial charge is 0.493 e. The number of amides is 2. The molecule has 132 valence electrons. The Bertz CT molecular complexity index is 827. The molecule has 1 aromatic heterocycles. The Balaban J connectivity index is 1.87. The highest BCUT2D eigenvalue weighted by atomic mass is 16.5. The molecule has 7 nitrogen and oxygen atoms in total. The molecule has 0 spiro atoms. The van der Waals surface area contributed by atoms with E-state index in [1.807, 2.05) is 6.07 Å². The monoisotopic (exact) mass is 344 g/mol. The molecule has 7 heteroatoms. The molecular formula is C18H20N2O5. The highest BCUT2D eigenvalue weighted by molar-refractivity contribution is 6.08. The van der Waals surface area contributed by atoms with Crippen molar-refractivity contribution in [2.75, 3.05) is 19.5 Å². The Morgan fingerprint density at radius 2 is 1.84 bits per heavy atom. The van der Waals surface area contributed by atoms with Gasteiger partial charge in [0.1, 0.15) is 5.76 Å². The number of anilines is 1. The van der Waals surface area contributed by atoms with Gasteiger partial charge in [0.25, 0.3) is 11.8 Å². The number of rotatable bonds is 6. The summed E-state index contributed by atoms with van der Waals surface area (Å²) in [7, 11) is 2.91. The lowest BCUT2D eigenvalue weighted by Gasteiger charge is -2.13. The topological polar surface area (TPSA) is 104 Å². The van der Waals surface area contributed by atoms with Gasteiger partial charge in [-0.15, -0.1) is 0 Å². The highest BCUT2D eigenvalue weighted by Gasteiger charge is 2.37. The molecule has 0 radical (unpaired) electrons. The summed E-state index contributed by atoms with van der Waals surface area (Å²) in [4.78, 5) is 24.1. The second-order valence-electron chi connectivity index (χ2n) is 6.09. The third-order valence-corrected chi connectivity index (χ3v) is 4.36. The summed E-state index contributed by atoms with van der Waals surface area (Å²) in [6.45, 7) is 2.13. The summed E-state index contributed by atoms with van der Waals surface area (Å²) in [6, 6.07) is 6.35. The molecule has 2 atom stereocenters. The number of benzene rings is 1. The normalized spacial score (nSPS) is 18.5. The number of ether oxygens (including phenoxy) is 2. The van der Waals surface area contributed by atoms with Crippen LogP contribution in [0.2, 0.25) is 0 Å². The third-order valence-electron chi connectivity index (χ3n) is 4.36. The fraction of sp³-hybridized carbons (Fsp3) is 0.333. The van der Waals surface area contributed by atoms with Crippen molar-refractivity contribution in [1.29, 1.82) is 0 Å². The van der Waals surface area contributed by atoms with Crippen LogP contribution in [-0.4, -0.2) is 26.0 Å². The minimum absolute atomic E-state index is 0.119. The molecule has 1 fully saturated rings. The van der Waals surface area contributed by atoms with Crippen LogP contribution >= 0.6 is 0 Å². The molecule has 1 aromatic carbocycles. The molecular weight excluding hydrogens is 324 g/mol. The molecule has 0 bridgehead atoms. The predicted octanol–water partition coefficient (Wildman–Crippen LogP) is 2.77. The molecule has 2 aromatic rings. The van der Waals surface area contributed by atoms with Gasteiger partial charge in [0.05, 0.1) is 25.5 Å². The van der Waals surface area contributed by atoms with Crippen LogP contribution in [0, 0.1) is 5.92 Å². The van der Waals surface area contributed by atoms with E-state index in [2.05, 4.69) is 12.2 Å². The maximum atomic E-state index is 12.5. The summed E-state index contributed by atoms with van der Waals surface area (Å²) in [5, 5.41) is 2.65. The van der Waals surface area contributed by atoms with Crippen molar-refractivity contribution < 1.29 is 23.5 Å². The SMILES string of the molecule is COc1cc(NC(=O)c2ccc([C@H]3C[C@@H]3C)o2)c(C(N)=O)cc1OC. The van der Waals surface area contributed by atoms with Gasteiger partial charge < -0.3 is 24.9 Å². The van der Waals surface area contributed by atoms with Gasteiger partial charge in [0, 0.05) is 12.0 Å². The minimum Gasteiger partial charge on any atom is -0.493 e. The molecule has 25 heavy (non-hydrogen) atoms. The molecule has 3 N–H and O–H groups in total. The summed E-state index contributed by atoms with van der Waals surface area (Å²) in [5.74, 6) is 1.50. The first-order chi connectivity index (χ1) is 11.9. The number of carbonyl (C=O) groups is 2. The van der Waals surface area contributed by atoms with Gasteiger partial charge in [-0.1, -0.05) is 6.92 Å². The van der Waals surface area contributed by atoms with E-state index in [0.717, 1.165) is 12.2 Å². The van der Waals surface area contributed by atoms with Crippen LogP contribution in [0.15, 0.2) is 28.7 Å². The highest BCUT2D eigenvalue weighted by Crippen LogP contribution is 2.47. The molecule has 0 aliphatic heterocycles. The molecule has 3 rings (SSSR count). The fourth-order valence-electron chi connectivity index (χ4n) is 2.76. The van der Waals surface area contributed by atoms with Crippen LogP contribution in [0.3, 0.4) is 0 Å². The first-order valence-corrected chi connectivity index (χ1v) is 7.91. The quantitative estimate of drug-likeness (QED) is 0.838. The number of furan rings is 1. The van der Waals surface area contributed by atoms with E-state index < -0.39 is 11.8 Å². The Morgan fingerprint density at radius 3 is 2.40 bits per heavy atom. The van der Waals surface area contributed by atoms with E-state index in [1.165, 1.54) is 26.4 Å². The standard InChI is InChI=1S/C18H20N2O5/c1-9-6-10(9)13-4-5-14(25-13)18(22)20-12-8-16(24-3)15(23-2)7-11(12)17(19)21/h4-5,7-10H,6H2,1-3H3,(H2,19,21)(H,20,22)/t9-,10-/m0/s1. The first kappa shape index (κ1) is 16.9. The van der Waals surface area contributed by atoms with Gasteiger partial charge >= 0.3 is 0 Å². The number of methoxy groups -OCH3 is 2. The van der Waals surface area contributed by atoms with Crippen molar-refractivity contribution in [3.8, 4) is 11.5 Å². The molecule has 2 amide bonds. The van der Waals surface area contributed by atoms with Crippen LogP contribution in [-0.2, 0) is 0 Å². The molecule has 0 unspecified atom stereocenters. The van der Waals surface area contributed by atoms with Crippen molar-refractivity contribution in [2.24, 2.45) is 11.7 Å². The Labute approximate surface area is 145 Å². The van der Waals surface area contributed by atoms with Crippen LogP contribution in [0.25, 0.3) is 0 Å². The molecule has 1 aliphatic rings. The van der Waals surface area contributed by atoms with Crippen molar-refractivity contribution in [1.82, 2.24) is 0 Å². The number of hydrogen-bond donors (Lipinski definition) is 2. The maximum Gasteiger partial charge on any atom is 0.291 e. The van der Waals surface area contributed by atoms with Crippen molar-refractivity contribution in [3.05, 3.63) is 41.3 Å². The van der Waals surface area contributed by atoms with E-state index in [0.29, 0.717) is 23.3 Å². The third kappa shape index (κ3) is 3.31. The van der Waals surface area contributed by atoms with Crippen LogP contribution in [0.5, 0.6) is 11.5 Å². The molecule has 1 heterocycles. The van der Waals surface area contributed by atoms with E-state index in [1.54, 1.807) is 6.07 Å². The van der Waals surface area contributed by atoms with Crippen molar-refractivity contribution >= 4 is 17.5 Å². The minimum atomic E-state index is -0.691. The average Bonchev–Trinajstić information content (AvgIpc) is 3.11. The number of primary amides is 1. The van der Waals surface area contributed by atoms with Gasteiger partial charge in [-0.05, 0) is 30.5 Å². The van der Waals surface area contributed by atoms with E-state index in [-0.39, 0.29) is 17.0 Å². The predicted molar refractivity (Wildman–Crippen MR) is 91.2 cm³/mol. The smallest absolute Gasteiger partial charge is 0.291 e. The van der Waals surface area contributed by atoms with Crippen LogP contribution in [0.4, 0.5) is 5.69 Å². The zero-order valence-corrected chi connectivity index (χ0v) is 14.3. The Morgan fingerprint density at radius 1 is 1.20 bits per heavy atom. The van der Waals surface area contributed by atoms with Crippen molar-refractivity contribution in [3.63, 3.8) is 0 Å². The fourth-order valence-corrected chi connectivity index (χ4v) is 2.76. The van der Waals surface area contributed by atoms with Crippen molar-refractivity contribution in [2.45, 2.75) is 19.3 Å². The van der Waals surface area contributed by atoms with Gasteiger partial charge in [-0.25, -0.2) is 0 Å². The number of carbonyl (C=O) groups excluding carboxylic acids is 2. The lowest BCUT2D eigenvalue weighted by atomic mass is 10.1. The molecule has 1 aliphatic carbocycles. The van der Waals surface area contributed by atoms with E-state index >= 15 is 0 Å². The van der Waals surface area contributed by atoms with Gasteiger partial charge in [-0.2, -0.15) is 0 Å². The Kier molecular flexibility index (Phi) is 4.39. The zero-order chi connectivity index (χ0) is 18.1. The van der Waals surface area contributed by atoms with Crippen LogP contribution < -0.4 is 20.5 Å². The second kappa shape index (κ2) is 6.51.